The second-order valence-corrected chi connectivity index (χ2v) is 7.71. The van der Waals surface area contributed by atoms with Gasteiger partial charge in [0.05, 0.1) is 25.3 Å². The predicted molar refractivity (Wildman–Crippen MR) is 95.4 cm³/mol. The standard InChI is InChI=1S/C18H29N3O5/c1-5-15(22)21-8-6-12(7-9-21)16(23)19-13-10-25-11-14(13)20-17(24)26-18(2,3)4/h5,12-14H,1,6-11H2,2-4H3,(H,19,23)(H,20,24)/t13-,14+/m0/s1. The molecule has 8 heteroatoms. The molecule has 2 N–H and O–H groups in total. The number of nitrogens with one attached hydrogen (secondary N) is 2. The molecule has 0 aromatic carbocycles. The number of likely N-dealkylation sites (tertiary alicyclic amines) is 1. The number of hydrogen-bond acceptors (Lipinski definition) is 5. The summed E-state index contributed by atoms with van der Waals surface area (Å²) in [4.78, 5) is 37.8. The highest BCUT2D eigenvalue weighted by molar-refractivity contribution is 5.87. The van der Waals surface area contributed by atoms with Crippen molar-refractivity contribution >= 4 is 17.9 Å². The molecule has 0 aliphatic carbocycles. The average Bonchev–Trinajstić information content (AvgIpc) is 2.99. The normalized spacial score (nSPS) is 24.0. The Balaban J connectivity index is 1.81. The molecule has 0 radical (unpaired) electrons. The largest absolute Gasteiger partial charge is 0.444 e. The minimum Gasteiger partial charge on any atom is -0.444 e. The van der Waals surface area contributed by atoms with E-state index in [-0.39, 0.29) is 29.8 Å². The number of rotatable bonds is 4. The summed E-state index contributed by atoms with van der Waals surface area (Å²) in [6.07, 6.45) is 2.00. The maximum atomic E-state index is 12.5. The first-order chi connectivity index (χ1) is 12.2. The average molecular weight is 367 g/mol. The van der Waals surface area contributed by atoms with Crippen molar-refractivity contribution in [1.82, 2.24) is 15.5 Å². The molecule has 2 fully saturated rings. The van der Waals surface area contributed by atoms with Crippen molar-refractivity contribution in [1.29, 1.82) is 0 Å². The van der Waals surface area contributed by atoms with Crippen LogP contribution in [0.25, 0.3) is 0 Å². The molecule has 2 atom stereocenters. The van der Waals surface area contributed by atoms with Gasteiger partial charge in [-0.3, -0.25) is 9.59 Å². The highest BCUT2D eigenvalue weighted by atomic mass is 16.6. The molecule has 0 spiro atoms. The van der Waals surface area contributed by atoms with Crippen LogP contribution < -0.4 is 10.6 Å². The van der Waals surface area contributed by atoms with E-state index in [4.69, 9.17) is 9.47 Å². The number of alkyl carbamates (subject to hydrolysis) is 1. The summed E-state index contributed by atoms with van der Waals surface area (Å²) in [6, 6.07) is -0.612. The molecule has 2 aliphatic rings. The second-order valence-electron chi connectivity index (χ2n) is 7.71. The Morgan fingerprint density at radius 3 is 2.23 bits per heavy atom. The Morgan fingerprint density at radius 1 is 1.12 bits per heavy atom. The summed E-state index contributed by atoms with van der Waals surface area (Å²) in [6.45, 7) is 10.6. The highest BCUT2D eigenvalue weighted by Gasteiger charge is 2.34. The fraction of sp³-hybridized carbons (Fsp3) is 0.722. The van der Waals surface area contributed by atoms with Gasteiger partial charge in [0, 0.05) is 19.0 Å². The van der Waals surface area contributed by atoms with Gasteiger partial charge in [-0.25, -0.2) is 4.79 Å². The van der Waals surface area contributed by atoms with Gasteiger partial charge in [-0.15, -0.1) is 0 Å². The smallest absolute Gasteiger partial charge is 0.408 e. The molecule has 0 aromatic rings. The molecule has 0 aromatic heterocycles. The lowest BCUT2D eigenvalue weighted by Crippen LogP contribution is -2.53. The van der Waals surface area contributed by atoms with E-state index in [2.05, 4.69) is 17.2 Å². The SMILES string of the molecule is C=CC(=O)N1CCC(C(=O)N[C@H]2COC[C@H]2NC(=O)OC(C)(C)C)CC1. The van der Waals surface area contributed by atoms with E-state index in [0.717, 1.165) is 0 Å². The molecular weight excluding hydrogens is 338 g/mol. The van der Waals surface area contributed by atoms with E-state index in [9.17, 15) is 14.4 Å². The quantitative estimate of drug-likeness (QED) is 0.717. The third kappa shape index (κ3) is 5.72. The van der Waals surface area contributed by atoms with E-state index in [0.29, 0.717) is 39.1 Å². The van der Waals surface area contributed by atoms with Crippen molar-refractivity contribution < 1.29 is 23.9 Å². The van der Waals surface area contributed by atoms with Crippen molar-refractivity contribution in [2.75, 3.05) is 26.3 Å². The van der Waals surface area contributed by atoms with E-state index in [1.54, 1.807) is 25.7 Å². The first-order valence-corrected chi connectivity index (χ1v) is 8.98. The highest BCUT2D eigenvalue weighted by Crippen LogP contribution is 2.19. The lowest BCUT2D eigenvalue weighted by Gasteiger charge is -2.31. The number of amides is 3. The Bertz CT molecular complexity index is 550. The van der Waals surface area contributed by atoms with Gasteiger partial charge in [0.2, 0.25) is 11.8 Å². The maximum Gasteiger partial charge on any atom is 0.408 e. The van der Waals surface area contributed by atoms with Crippen molar-refractivity contribution in [2.24, 2.45) is 5.92 Å². The molecule has 2 heterocycles. The van der Waals surface area contributed by atoms with E-state index in [1.807, 2.05) is 0 Å². The molecule has 2 rings (SSSR count). The Kier molecular flexibility index (Phi) is 6.63. The zero-order chi connectivity index (χ0) is 19.3. The predicted octanol–water partition coefficient (Wildman–Crippen LogP) is 0.819. The molecule has 0 saturated carbocycles. The number of nitrogens with zero attached hydrogens (tertiary/aromatic N) is 1. The van der Waals surface area contributed by atoms with Crippen LogP contribution in [0.4, 0.5) is 4.79 Å². The summed E-state index contributed by atoms with van der Waals surface area (Å²) in [7, 11) is 0. The molecule has 2 saturated heterocycles. The molecule has 8 nitrogen and oxygen atoms in total. The lowest BCUT2D eigenvalue weighted by atomic mass is 9.95. The summed E-state index contributed by atoms with van der Waals surface area (Å²) in [5.74, 6) is -0.316. The minimum absolute atomic E-state index is 0.0674. The van der Waals surface area contributed by atoms with Crippen molar-refractivity contribution in [2.45, 2.75) is 51.3 Å². The topological polar surface area (TPSA) is 97.0 Å². The van der Waals surface area contributed by atoms with Gasteiger partial charge < -0.3 is 25.0 Å². The maximum absolute atomic E-state index is 12.5. The Hall–Kier alpha value is -2.09. The van der Waals surface area contributed by atoms with Gasteiger partial charge >= 0.3 is 6.09 Å². The van der Waals surface area contributed by atoms with Crippen LogP contribution in [-0.4, -0.2) is 66.8 Å². The summed E-state index contributed by atoms with van der Waals surface area (Å²) in [5.41, 5.74) is -0.584. The number of carbonyl (C=O) groups is 3. The van der Waals surface area contributed by atoms with Gasteiger partial charge in [0.1, 0.15) is 5.60 Å². The van der Waals surface area contributed by atoms with Crippen molar-refractivity contribution in [3.63, 3.8) is 0 Å². The fourth-order valence-corrected chi connectivity index (χ4v) is 3.09. The molecule has 0 unspecified atom stereocenters. The van der Waals surface area contributed by atoms with E-state index >= 15 is 0 Å². The lowest BCUT2D eigenvalue weighted by molar-refractivity contribution is -0.132. The van der Waals surface area contributed by atoms with Crippen LogP contribution in [-0.2, 0) is 19.1 Å². The van der Waals surface area contributed by atoms with E-state index in [1.165, 1.54) is 6.08 Å². The number of carbonyl (C=O) groups excluding carboxylic acids is 3. The van der Waals surface area contributed by atoms with Crippen LogP contribution in [0.2, 0.25) is 0 Å². The molecule has 2 aliphatic heterocycles. The van der Waals surface area contributed by atoms with Gasteiger partial charge in [-0.2, -0.15) is 0 Å². The summed E-state index contributed by atoms with van der Waals surface area (Å²) >= 11 is 0. The van der Waals surface area contributed by atoms with Gasteiger partial charge in [0.25, 0.3) is 0 Å². The van der Waals surface area contributed by atoms with Gasteiger partial charge in [-0.1, -0.05) is 6.58 Å². The number of ether oxygens (including phenoxy) is 2. The van der Waals surface area contributed by atoms with Crippen molar-refractivity contribution in [3.8, 4) is 0 Å². The molecule has 3 amide bonds. The Labute approximate surface area is 154 Å². The van der Waals surface area contributed by atoms with Crippen LogP contribution >= 0.6 is 0 Å². The molecule has 146 valence electrons. The van der Waals surface area contributed by atoms with Crippen LogP contribution in [0.15, 0.2) is 12.7 Å². The summed E-state index contributed by atoms with van der Waals surface area (Å²) < 4.78 is 10.7. The van der Waals surface area contributed by atoms with E-state index < -0.39 is 11.7 Å². The molecule has 26 heavy (non-hydrogen) atoms. The van der Waals surface area contributed by atoms with Crippen LogP contribution in [0.1, 0.15) is 33.6 Å². The molecular formula is C18H29N3O5. The summed E-state index contributed by atoms with van der Waals surface area (Å²) in [5, 5.41) is 5.73. The third-order valence-electron chi connectivity index (χ3n) is 4.46. The van der Waals surface area contributed by atoms with Gasteiger partial charge in [0.15, 0.2) is 0 Å². The number of piperidine rings is 1. The number of hydrogen-bond donors (Lipinski definition) is 2. The molecule has 0 bridgehead atoms. The zero-order valence-corrected chi connectivity index (χ0v) is 15.7. The zero-order valence-electron chi connectivity index (χ0n) is 15.7. The van der Waals surface area contributed by atoms with Crippen molar-refractivity contribution in [3.05, 3.63) is 12.7 Å². The Morgan fingerprint density at radius 2 is 1.69 bits per heavy atom. The van der Waals surface area contributed by atoms with Crippen LogP contribution in [0, 0.1) is 5.92 Å². The van der Waals surface area contributed by atoms with Gasteiger partial charge in [-0.05, 0) is 39.7 Å². The monoisotopic (exact) mass is 367 g/mol. The van der Waals surface area contributed by atoms with Crippen LogP contribution in [0.5, 0.6) is 0 Å². The first-order valence-electron chi connectivity index (χ1n) is 8.98. The fourth-order valence-electron chi connectivity index (χ4n) is 3.09. The first kappa shape index (κ1) is 20.2. The van der Waals surface area contributed by atoms with Crippen LogP contribution in [0.3, 0.4) is 0 Å². The second kappa shape index (κ2) is 8.53. The third-order valence-corrected chi connectivity index (χ3v) is 4.46. The minimum atomic E-state index is -0.584.